The molecule has 0 atom stereocenters. The van der Waals surface area contributed by atoms with E-state index >= 15 is 0 Å². The number of sulfone groups is 1. The minimum Gasteiger partial charge on any atom is -0.341 e. The summed E-state index contributed by atoms with van der Waals surface area (Å²) in [4.78, 5) is 7.70. The highest BCUT2D eigenvalue weighted by Crippen LogP contribution is 2.19. The van der Waals surface area contributed by atoms with Gasteiger partial charge in [0.05, 0.1) is 23.3 Å². The van der Waals surface area contributed by atoms with Crippen LogP contribution < -0.4 is 5.32 Å². The third-order valence-electron chi connectivity index (χ3n) is 2.57. The van der Waals surface area contributed by atoms with Crippen LogP contribution in [0.15, 0.2) is 35.4 Å². The Kier molecular flexibility index (Phi) is 3.49. The van der Waals surface area contributed by atoms with Crippen molar-refractivity contribution in [3.63, 3.8) is 0 Å². The maximum absolute atomic E-state index is 11.3. The first-order chi connectivity index (χ1) is 8.50. The van der Waals surface area contributed by atoms with Crippen LogP contribution in [0.4, 0.5) is 0 Å². The Morgan fingerprint density at radius 2 is 1.94 bits per heavy atom. The Bertz CT molecular complexity index is 630. The summed E-state index contributed by atoms with van der Waals surface area (Å²) >= 11 is 0. The number of imidazole rings is 1. The van der Waals surface area contributed by atoms with Crippen molar-refractivity contribution < 1.29 is 8.42 Å². The number of H-pyrrole nitrogens is 1. The molecule has 0 aliphatic heterocycles. The molecular formula is C12H15N3O2S. The average Bonchev–Trinajstić information content (AvgIpc) is 2.77. The fourth-order valence-corrected chi connectivity index (χ4v) is 2.28. The maximum Gasteiger partial charge on any atom is 0.175 e. The molecule has 0 radical (unpaired) electrons. The zero-order chi connectivity index (χ0) is 13.2. The molecule has 2 N–H and O–H groups in total. The highest BCUT2D eigenvalue weighted by atomic mass is 32.2. The normalized spacial score (nSPS) is 11.7. The number of rotatable bonds is 4. The van der Waals surface area contributed by atoms with Crippen LogP contribution in [0.2, 0.25) is 0 Å². The van der Waals surface area contributed by atoms with Gasteiger partial charge in [-0.2, -0.15) is 0 Å². The molecule has 0 saturated carbocycles. The van der Waals surface area contributed by atoms with E-state index in [1.165, 1.54) is 6.26 Å². The lowest BCUT2D eigenvalue weighted by atomic mass is 10.2. The van der Waals surface area contributed by atoms with E-state index in [0.29, 0.717) is 11.4 Å². The first kappa shape index (κ1) is 12.8. The highest BCUT2D eigenvalue weighted by Gasteiger charge is 2.08. The summed E-state index contributed by atoms with van der Waals surface area (Å²) in [5.74, 6) is 0.847. The van der Waals surface area contributed by atoms with Gasteiger partial charge in [0.1, 0.15) is 5.82 Å². The minimum atomic E-state index is -3.14. The second kappa shape index (κ2) is 4.91. The van der Waals surface area contributed by atoms with Crippen molar-refractivity contribution in [1.29, 1.82) is 0 Å². The molecule has 0 bridgehead atoms. The second-order valence-corrected chi connectivity index (χ2v) is 6.09. The molecule has 1 aromatic heterocycles. The van der Waals surface area contributed by atoms with Crippen LogP contribution in [-0.4, -0.2) is 31.7 Å². The van der Waals surface area contributed by atoms with Crippen LogP contribution in [0, 0.1) is 0 Å². The second-order valence-electron chi connectivity index (χ2n) is 4.07. The molecule has 18 heavy (non-hydrogen) atoms. The Hall–Kier alpha value is -1.66. The van der Waals surface area contributed by atoms with Crippen LogP contribution in [0.5, 0.6) is 0 Å². The molecule has 0 amide bonds. The molecule has 0 unspecified atom stereocenters. The lowest BCUT2D eigenvalue weighted by molar-refractivity contribution is 0.602. The molecular weight excluding hydrogens is 250 g/mol. The summed E-state index contributed by atoms with van der Waals surface area (Å²) in [6.45, 7) is 0.668. The van der Waals surface area contributed by atoms with Gasteiger partial charge in [-0.05, 0) is 24.7 Å². The van der Waals surface area contributed by atoms with Gasteiger partial charge in [0.25, 0.3) is 0 Å². The van der Waals surface area contributed by atoms with Crippen molar-refractivity contribution in [2.45, 2.75) is 11.4 Å². The van der Waals surface area contributed by atoms with Crippen LogP contribution in [0.25, 0.3) is 11.3 Å². The zero-order valence-electron chi connectivity index (χ0n) is 10.3. The van der Waals surface area contributed by atoms with Gasteiger partial charge in [-0.1, -0.05) is 12.1 Å². The Morgan fingerprint density at radius 3 is 2.50 bits per heavy atom. The number of benzene rings is 1. The number of nitrogens with zero attached hydrogens (tertiary/aromatic N) is 1. The van der Waals surface area contributed by atoms with Crippen molar-refractivity contribution >= 4 is 9.84 Å². The standard InChI is InChI=1S/C12H15N3O2S/c1-13-8-12-14-7-11(15-12)9-3-5-10(6-4-9)18(2,16)17/h3-7,13H,8H2,1-2H3,(H,14,15). The molecule has 1 aromatic carbocycles. The van der Waals surface area contributed by atoms with E-state index in [1.807, 2.05) is 7.05 Å². The maximum atomic E-state index is 11.3. The third-order valence-corrected chi connectivity index (χ3v) is 3.69. The molecule has 5 nitrogen and oxygen atoms in total. The zero-order valence-corrected chi connectivity index (χ0v) is 11.1. The van der Waals surface area contributed by atoms with Crippen molar-refractivity contribution in [2.75, 3.05) is 13.3 Å². The smallest absolute Gasteiger partial charge is 0.175 e. The van der Waals surface area contributed by atoms with Crippen LogP contribution >= 0.6 is 0 Å². The summed E-state index contributed by atoms with van der Waals surface area (Å²) < 4.78 is 22.7. The van der Waals surface area contributed by atoms with Crippen LogP contribution in [0.1, 0.15) is 5.82 Å². The Balaban J connectivity index is 2.28. The van der Waals surface area contributed by atoms with E-state index < -0.39 is 9.84 Å². The molecule has 0 aliphatic rings. The summed E-state index contributed by atoms with van der Waals surface area (Å²) in [7, 11) is -1.29. The van der Waals surface area contributed by atoms with Gasteiger partial charge in [-0.25, -0.2) is 13.4 Å². The van der Waals surface area contributed by atoms with Gasteiger partial charge in [-0.15, -0.1) is 0 Å². The number of aromatic amines is 1. The number of hydrogen-bond acceptors (Lipinski definition) is 4. The van der Waals surface area contributed by atoms with Crippen molar-refractivity contribution in [3.8, 4) is 11.3 Å². The van der Waals surface area contributed by atoms with Gasteiger partial charge in [-0.3, -0.25) is 0 Å². The van der Waals surface area contributed by atoms with E-state index in [9.17, 15) is 8.42 Å². The van der Waals surface area contributed by atoms with Crippen molar-refractivity contribution in [1.82, 2.24) is 15.3 Å². The highest BCUT2D eigenvalue weighted by molar-refractivity contribution is 7.90. The minimum absolute atomic E-state index is 0.321. The molecule has 96 valence electrons. The first-order valence-corrected chi connectivity index (χ1v) is 7.39. The molecule has 1 heterocycles. The van der Waals surface area contributed by atoms with E-state index in [0.717, 1.165) is 17.1 Å². The molecule has 2 rings (SSSR count). The SMILES string of the molecule is CNCc1ncc(-c2ccc(S(C)(=O)=O)cc2)[nH]1. The monoisotopic (exact) mass is 265 g/mol. The summed E-state index contributed by atoms with van der Waals surface area (Å²) in [5, 5.41) is 3.00. The fraction of sp³-hybridized carbons (Fsp3) is 0.250. The van der Waals surface area contributed by atoms with Gasteiger partial charge < -0.3 is 10.3 Å². The number of hydrogen-bond donors (Lipinski definition) is 2. The average molecular weight is 265 g/mol. The van der Waals surface area contributed by atoms with E-state index in [-0.39, 0.29) is 0 Å². The summed E-state index contributed by atoms with van der Waals surface area (Å²) in [6.07, 6.45) is 2.94. The van der Waals surface area contributed by atoms with Gasteiger partial charge in [0.15, 0.2) is 9.84 Å². The molecule has 0 aliphatic carbocycles. The summed E-state index contributed by atoms with van der Waals surface area (Å²) in [6, 6.07) is 6.74. The van der Waals surface area contributed by atoms with Crippen molar-refractivity contribution in [2.24, 2.45) is 0 Å². The van der Waals surface area contributed by atoms with Crippen LogP contribution in [-0.2, 0) is 16.4 Å². The topological polar surface area (TPSA) is 74.8 Å². The quantitative estimate of drug-likeness (QED) is 0.871. The lowest BCUT2D eigenvalue weighted by Crippen LogP contribution is -2.06. The largest absolute Gasteiger partial charge is 0.341 e. The predicted molar refractivity (Wildman–Crippen MR) is 69.9 cm³/mol. The van der Waals surface area contributed by atoms with Crippen LogP contribution in [0.3, 0.4) is 0 Å². The van der Waals surface area contributed by atoms with E-state index in [2.05, 4.69) is 15.3 Å². The molecule has 0 fully saturated rings. The van der Waals surface area contributed by atoms with Crippen molar-refractivity contribution in [3.05, 3.63) is 36.3 Å². The first-order valence-electron chi connectivity index (χ1n) is 5.49. The fourth-order valence-electron chi connectivity index (χ4n) is 1.65. The van der Waals surface area contributed by atoms with Gasteiger partial charge in [0.2, 0.25) is 0 Å². The molecule has 2 aromatic rings. The number of aromatic nitrogens is 2. The number of nitrogens with one attached hydrogen (secondary N) is 2. The Morgan fingerprint density at radius 1 is 1.28 bits per heavy atom. The van der Waals surface area contributed by atoms with Gasteiger partial charge >= 0.3 is 0 Å². The summed E-state index contributed by atoms with van der Waals surface area (Å²) in [5.41, 5.74) is 1.79. The molecule has 6 heteroatoms. The predicted octanol–water partition coefficient (Wildman–Crippen LogP) is 1.20. The third kappa shape index (κ3) is 2.77. The lowest BCUT2D eigenvalue weighted by Gasteiger charge is -2.00. The van der Waals surface area contributed by atoms with E-state index in [4.69, 9.17) is 0 Å². The van der Waals surface area contributed by atoms with Gasteiger partial charge in [0, 0.05) is 6.26 Å². The van der Waals surface area contributed by atoms with E-state index in [1.54, 1.807) is 30.5 Å². The molecule has 0 saturated heterocycles. The molecule has 0 spiro atoms. The Labute approximate surface area is 106 Å².